The molecule has 0 radical (unpaired) electrons. The highest BCUT2D eigenvalue weighted by Crippen LogP contribution is 2.27. The molecule has 6 heteroatoms. The molecule has 0 fully saturated rings. The van der Waals surface area contributed by atoms with Crippen LogP contribution in [-0.2, 0) is 15.6 Å². The smallest absolute Gasteiger partial charge is 0.185 e. The van der Waals surface area contributed by atoms with E-state index in [1.807, 2.05) is 24.3 Å². The van der Waals surface area contributed by atoms with Gasteiger partial charge in [0.05, 0.1) is 15.1 Å². The Hall–Kier alpha value is -1.92. The average Bonchev–Trinajstić information content (AvgIpc) is 2.82. The van der Waals surface area contributed by atoms with Crippen LogP contribution in [0.15, 0.2) is 47.4 Å². The predicted octanol–water partition coefficient (Wildman–Crippen LogP) is 3.16. The zero-order chi connectivity index (χ0) is 15.0. The molecule has 2 N–H and O–H groups in total. The summed E-state index contributed by atoms with van der Waals surface area (Å²) in [7, 11) is -3.45. The van der Waals surface area contributed by atoms with E-state index in [4.69, 9.17) is 5.73 Å². The Bertz CT molecular complexity index is 881. The Morgan fingerprint density at radius 3 is 2.67 bits per heavy atom. The second-order valence-corrected chi connectivity index (χ2v) is 7.88. The third kappa shape index (κ3) is 2.64. The van der Waals surface area contributed by atoms with E-state index in [2.05, 4.69) is 4.98 Å². The van der Waals surface area contributed by atoms with Crippen LogP contribution >= 0.6 is 11.3 Å². The zero-order valence-corrected chi connectivity index (χ0v) is 13.0. The summed E-state index contributed by atoms with van der Waals surface area (Å²) in [6, 6.07) is 12.6. The van der Waals surface area contributed by atoms with Crippen LogP contribution in [0.1, 0.15) is 10.6 Å². The van der Waals surface area contributed by atoms with Crippen molar-refractivity contribution < 1.29 is 8.42 Å². The molecule has 3 aromatic rings. The molecule has 0 aliphatic rings. The predicted molar refractivity (Wildman–Crippen MR) is 86.1 cm³/mol. The molecule has 0 aliphatic carbocycles. The minimum atomic E-state index is -3.45. The van der Waals surface area contributed by atoms with Crippen molar-refractivity contribution in [1.82, 2.24) is 4.98 Å². The van der Waals surface area contributed by atoms with Crippen LogP contribution < -0.4 is 5.73 Å². The number of sulfone groups is 1. The molecule has 0 atom stereocenters. The van der Waals surface area contributed by atoms with Crippen molar-refractivity contribution in [3.8, 4) is 0 Å². The highest BCUT2D eigenvalue weighted by molar-refractivity contribution is 7.90. The number of nitrogens with two attached hydrogens (primary N) is 1. The Morgan fingerprint density at radius 2 is 1.90 bits per heavy atom. The molecule has 4 nitrogen and oxygen atoms in total. The van der Waals surface area contributed by atoms with Crippen molar-refractivity contribution >= 4 is 37.1 Å². The number of rotatable bonds is 3. The molecular formula is C15H14N2O2S2. The fraction of sp³-hybridized carbons (Fsp3) is 0.133. The molecule has 0 amide bonds. The molecule has 0 bridgehead atoms. The standard InChI is InChI=1S/C15H14N2O2S2/c1-10-11(16)5-4-8-14(10)21(18,19)9-15-17-12-6-2-3-7-13(12)20-15/h2-8H,9,16H2,1H3. The zero-order valence-electron chi connectivity index (χ0n) is 11.4. The van der Waals surface area contributed by atoms with Gasteiger partial charge in [0.2, 0.25) is 0 Å². The molecule has 2 aromatic carbocycles. The minimum absolute atomic E-state index is 0.101. The van der Waals surface area contributed by atoms with Gasteiger partial charge in [-0.25, -0.2) is 13.4 Å². The van der Waals surface area contributed by atoms with E-state index in [9.17, 15) is 8.42 Å². The van der Waals surface area contributed by atoms with Crippen LogP contribution in [0.4, 0.5) is 5.69 Å². The van der Waals surface area contributed by atoms with Crippen LogP contribution in [0.2, 0.25) is 0 Å². The molecule has 0 aliphatic heterocycles. The number of hydrogen-bond donors (Lipinski definition) is 1. The highest BCUT2D eigenvalue weighted by atomic mass is 32.2. The van der Waals surface area contributed by atoms with Gasteiger partial charge in [-0.2, -0.15) is 0 Å². The number of aromatic nitrogens is 1. The van der Waals surface area contributed by atoms with Gasteiger partial charge in [0, 0.05) is 5.69 Å². The van der Waals surface area contributed by atoms with Gasteiger partial charge in [0.1, 0.15) is 10.8 Å². The number of fused-ring (bicyclic) bond motifs is 1. The Kier molecular flexibility index (Phi) is 3.43. The maximum atomic E-state index is 12.6. The van der Waals surface area contributed by atoms with Crippen LogP contribution in [-0.4, -0.2) is 13.4 Å². The number of anilines is 1. The molecule has 1 heterocycles. The number of para-hydroxylation sites is 1. The molecule has 21 heavy (non-hydrogen) atoms. The first-order valence-corrected chi connectivity index (χ1v) is 8.86. The van der Waals surface area contributed by atoms with Crippen molar-refractivity contribution in [3.63, 3.8) is 0 Å². The fourth-order valence-electron chi connectivity index (χ4n) is 2.19. The monoisotopic (exact) mass is 318 g/mol. The van der Waals surface area contributed by atoms with Gasteiger partial charge in [-0.15, -0.1) is 11.3 Å². The number of nitrogen functional groups attached to an aromatic ring is 1. The van der Waals surface area contributed by atoms with E-state index in [0.29, 0.717) is 16.3 Å². The quantitative estimate of drug-likeness (QED) is 0.753. The third-order valence-electron chi connectivity index (χ3n) is 3.31. The van der Waals surface area contributed by atoms with Crippen LogP contribution in [0, 0.1) is 6.92 Å². The first-order valence-electron chi connectivity index (χ1n) is 6.40. The molecule has 0 spiro atoms. The van der Waals surface area contributed by atoms with Gasteiger partial charge >= 0.3 is 0 Å². The lowest BCUT2D eigenvalue weighted by Crippen LogP contribution is -2.08. The number of nitrogens with zero attached hydrogens (tertiary/aromatic N) is 1. The lowest BCUT2D eigenvalue weighted by atomic mass is 10.2. The topological polar surface area (TPSA) is 73.1 Å². The third-order valence-corrected chi connectivity index (χ3v) is 6.30. The fourth-order valence-corrected chi connectivity index (χ4v) is 5.07. The van der Waals surface area contributed by atoms with E-state index in [-0.39, 0.29) is 10.6 Å². The first-order chi connectivity index (χ1) is 9.97. The molecular weight excluding hydrogens is 304 g/mol. The summed E-state index contributed by atoms with van der Waals surface area (Å²) in [5.41, 5.74) is 7.71. The summed E-state index contributed by atoms with van der Waals surface area (Å²) in [6.07, 6.45) is 0. The van der Waals surface area contributed by atoms with Gasteiger partial charge in [-0.05, 0) is 36.8 Å². The van der Waals surface area contributed by atoms with Crippen LogP contribution in [0.5, 0.6) is 0 Å². The molecule has 108 valence electrons. The van der Waals surface area contributed by atoms with E-state index >= 15 is 0 Å². The SMILES string of the molecule is Cc1c(N)cccc1S(=O)(=O)Cc1nc2ccccc2s1. The van der Waals surface area contributed by atoms with Crippen LogP contribution in [0.3, 0.4) is 0 Å². The first kappa shape index (κ1) is 14.0. The summed E-state index contributed by atoms with van der Waals surface area (Å²) in [6.45, 7) is 1.72. The summed E-state index contributed by atoms with van der Waals surface area (Å²) in [5.74, 6) is -0.101. The van der Waals surface area contributed by atoms with E-state index < -0.39 is 9.84 Å². The summed E-state index contributed by atoms with van der Waals surface area (Å²) in [5, 5.41) is 0.595. The molecule has 3 rings (SSSR count). The Balaban J connectivity index is 2.01. The molecule has 1 aromatic heterocycles. The van der Waals surface area contributed by atoms with E-state index in [0.717, 1.165) is 10.2 Å². The molecule has 0 saturated carbocycles. The Morgan fingerprint density at radius 1 is 1.14 bits per heavy atom. The summed E-state index contributed by atoms with van der Waals surface area (Å²) < 4.78 is 26.1. The maximum absolute atomic E-state index is 12.6. The normalized spacial score (nSPS) is 11.9. The minimum Gasteiger partial charge on any atom is -0.398 e. The number of benzene rings is 2. The van der Waals surface area contributed by atoms with Gasteiger partial charge in [0.15, 0.2) is 9.84 Å². The average molecular weight is 318 g/mol. The summed E-state index contributed by atoms with van der Waals surface area (Å²) in [4.78, 5) is 4.66. The molecule has 0 unspecified atom stereocenters. The number of thiazole rings is 1. The summed E-state index contributed by atoms with van der Waals surface area (Å²) >= 11 is 1.41. The number of hydrogen-bond acceptors (Lipinski definition) is 5. The maximum Gasteiger partial charge on any atom is 0.185 e. The van der Waals surface area contributed by atoms with Crippen molar-refractivity contribution in [1.29, 1.82) is 0 Å². The Labute approximate surface area is 127 Å². The molecule has 0 saturated heterocycles. The lowest BCUT2D eigenvalue weighted by Gasteiger charge is -2.08. The lowest BCUT2D eigenvalue weighted by molar-refractivity contribution is 0.594. The van der Waals surface area contributed by atoms with Gasteiger partial charge in [0.25, 0.3) is 0 Å². The van der Waals surface area contributed by atoms with Crippen LogP contribution in [0.25, 0.3) is 10.2 Å². The van der Waals surface area contributed by atoms with Crippen molar-refractivity contribution in [2.45, 2.75) is 17.6 Å². The van der Waals surface area contributed by atoms with Crippen molar-refractivity contribution in [3.05, 3.63) is 53.0 Å². The second-order valence-electron chi connectivity index (χ2n) is 4.80. The van der Waals surface area contributed by atoms with Gasteiger partial charge < -0.3 is 5.73 Å². The van der Waals surface area contributed by atoms with E-state index in [1.54, 1.807) is 25.1 Å². The second kappa shape index (κ2) is 5.13. The largest absolute Gasteiger partial charge is 0.398 e. The van der Waals surface area contributed by atoms with Gasteiger partial charge in [-0.1, -0.05) is 18.2 Å². The van der Waals surface area contributed by atoms with Gasteiger partial charge in [-0.3, -0.25) is 0 Å². The van der Waals surface area contributed by atoms with E-state index in [1.165, 1.54) is 11.3 Å². The van der Waals surface area contributed by atoms with Crippen molar-refractivity contribution in [2.24, 2.45) is 0 Å². The highest BCUT2D eigenvalue weighted by Gasteiger charge is 2.20. The van der Waals surface area contributed by atoms with Crippen molar-refractivity contribution in [2.75, 3.05) is 5.73 Å².